The standard InChI is InChI=1S/C10H16N2O4S/c1-6(13)5-8(17)9(14)11-12-4-2-3-7(12)10(15)16/h7-8,17H,2-5H2,1H3,(H,11,14)(H,15,16)/t7-,8?/m0/s1. The molecule has 1 unspecified atom stereocenters. The summed E-state index contributed by atoms with van der Waals surface area (Å²) in [5.41, 5.74) is 2.50. The summed E-state index contributed by atoms with van der Waals surface area (Å²) in [4.78, 5) is 33.3. The predicted octanol–water partition coefficient (Wildman–Crippen LogP) is -0.156. The van der Waals surface area contributed by atoms with Gasteiger partial charge in [0, 0.05) is 13.0 Å². The summed E-state index contributed by atoms with van der Waals surface area (Å²) in [5, 5.41) is 9.58. The lowest BCUT2D eigenvalue weighted by molar-refractivity contribution is -0.144. The average molecular weight is 260 g/mol. The van der Waals surface area contributed by atoms with Crippen LogP contribution >= 0.6 is 12.6 Å². The molecule has 0 aliphatic carbocycles. The van der Waals surface area contributed by atoms with Gasteiger partial charge in [-0.05, 0) is 19.8 Å². The Morgan fingerprint density at radius 3 is 2.71 bits per heavy atom. The average Bonchev–Trinajstić information content (AvgIpc) is 2.64. The molecule has 0 spiro atoms. The molecule has 1 rings (SSSR count). The fourth-order valence-corrected chi connectivity index (χ4v) is 2.05. The number of hydrazine groups is 1. The molecule has 2 atom stereocenters. The molecule has 0 bridgehead atoms. The van der Waals surface area contributed by atoms with E-state index in [0.29, 0.717) is 13.0 Å². The van der Waals surface area contributed by atoms with Gasteiger partial charge in [-0.15, -0.1) is 0 Å². The molecule has 6 nitrogen and oxygen atoms in total. The summed E-state index contributed by atoms with van der Waals surface area (Å²) in [7, 11) is 0. The number of carbonyl (C=O) groups excluding carboxylic acids is 2. The second-order valence-electron chi connectivity index (χ2n) is 4.09. The van der Waals surface area contributed by atoms with E-state index in [2.05, 4.69) is 18.1 Å². The Morgan fingerprint density at radius 1 is 1.53 bits per heavy atom. The molecule has 1 heterocycles. The van der Waals surface area contributed by atoms with E-state index in [1.165, 1.54) is 11.9 Å². The highest BCUT2D eigenvalue weighted by atomic mass is 32.1. The molecule has 0 radical (unpaired) electrons. The molecule has 1 aliphatic rings. The first-order valence-electron chi connectivity index (χ1n) is 5.39. The molecular weight excluding hydrogens is 244 g/mol. The van der Waals surface area contributed by atoms with Gasteiger partial charge in [-0.1, -0.05) is 0 Å². The Bertz CT molecular complexity index is 334. The van der Waals surface area contributed by atoms with Gasteiger partial charge in [-0.2, -0.15) is 12.6 Å². The summed E-state index contributed by atoms with van der Waals surface area (Å²) in [6.45, 7) is 1.88. The molecule has 2 N–H and O–H groups in total. The second kappa shape index (κ2) is 6.02. The summed E-state index contributed by atoms with van der Waals surface area (Å²) in [6, 6.07) is -0.684. The summed E-state index contributed by atoms with van der Waals surface area (Å²) in [6.07, 6.45) is 1.28. The first-order valence-corrected chi connectivity index (χ1v) is 5.91. The van der Waals surface area contributed by atoms with Gasteiger partial charge in [0.2, 0.25) is 5.91 Å². The number of hydrogen-bond donors (Lipinski definition) is 3. The number of Topliss-reactive ketones (excluding diaryl/α,β-unsaturated/α-hetero) is 1. The number of amides is 1. The number of rotatable bonds is 5. The van der Waals surface area contributed by atoms with E-state index >= 15 is 0 Å². The van der Waals surface area contributed by atoms with Crippen molar-refractivity contribution in [2.45, 2.75) is 37.5 Å². The summed E-state index contributed by atoms with van der Waals surface area (Å²) in [5.74, 6) is -1.52. The van der Waals surface area contributed by atoms with E-state index in [9.17, 15) is 14.4 Å². The van der Waals surface area contributed by atoms with Gasteiger partial charge in [0.15, 0.2) is 0 Å². The van der Waals surface area contributed by atoms with E-state index in [1.54, 1.807) is 0 Å². The molecule has 0 aromatic rings. The Labute approximate surface area is 105 Å². The van der Waals surface area contributed by atoms with Gasteiger partial charge in [-0.3, -0.25) is 19.8 Å². The number of nitrogens with one attached hydrogen (secondary N) is 1. The molecule has 7 heteroatoms. The lowest BCUT2D eigenvalue weighted by atomic mass is 10.2. The van der Waals surface area contributed by atoms with Crippen molar-refractivity contribution in [2.75, 3.05) is 6.54 Å². The maximum atomic E-state index is 11.6. The van der Waals surface area contributed by atoms with Gasteiger partial charge in [0.1, 0.15) is 11.8 Å². The lowest BCUT2D eigenvalue weighted by Gasteiger charge is -2.23. The molecule has 0 saturated carbocycles. The molecule has 0 aromatic carbocycles. The highest BCUT2D eigenvalue weighted by molar-refractivity contribution is 7.81. The van der Waals surface area contributed by atoms with Crippen LogP contribution < -0.4 is 5.43 Å². The maximum Gasteiger partial charge on any atom is 0.322 e. The topological polar surface area (TPSA) is 86.7 Å². The van der Waals surface area contributed by atoms with Crippen molar-refractivity contribution in [1.82, 2.24) is 10.4 Å². The molecular formula is C10H16N2O4S. The fourth-order valence-electron chi connectivity index (χ4n) is 1.74. The van der Waals surface area contributed by atoms with Crippen LogP contribution in [0.5, 0.6) is 0 Å². The first-order chi connectivity index (χ1) is 7.91. The number of hydrogen-bond acceptors (Lipinski definition) is 5. The zero-order valence-corrected chi connectivity index (χ0v) is 10.4. The number of ketones is 1. The van der Waals surface area contributed by atoms with E-state index < -0.39 is 23.2 Å². The minimum atomic E-state index is -0.954. The van der Waals surface area contributed by atoms with Crippen molar-refractivity contribution >= 4 is 30.3 Å². The third kappa shape index (κ3) is 4.01. The normalized spacial score (nSPS) is 22.1. The number of carboxylic acids is 1. The third-order valence-corrected chi connectivity index (χ3v) is 2.99. The monoisotopic (exact) mass is 260 g/mol. The highest BCUT2D eigenvalue weighted by Gasteiger charge is 2.32. The van der Waals surface area contributed by atoms with Gasteiger partial charge in [-0.25, -0.2) is 5.01 Å². The van der Waals surface area contributed by atoms with Crippen LogP contribution in [0, 0.1) is 0 Å². The Hall–Kier alpha value is -1.08. The van der Waals surface area contributed by atoms with E-state index in [4.69, 9.17) is 5.11 Å². The molecule has 0 aromatic heterocycles. The molecule has 96 valence electrons. The summed E-state index contributed by atoms with van der Waals surface area (Å²) < 4.78 is 0. The van der Waals surface area contributed by atoms with Crippen molar-refractivity contribution < 1.29 is 19.5 Å². The van der Waals surface area contributed by atoms with Crippen LogP contribution in [0.25, 0.3) is 0 Å². The Kier molecular flexibility index (Phi) is 4.95. The number of thiol groups is 1. The number of carbonyl (C=O) groups is 3. The van der Waals surface area contributed by atoms with Crippen molar-refractivity contribution in [2.24, 2.45) is 0 Å². The highest BCUT2D eigenvalue weighted by Crippen LogP contribution is 2.15. The number of aliphatic carboxylic acids is 1. The predicted molar refractivity (Wildman–Crippen MR) is 63.6 cm³/mol. The van der Waals surface area contributed by atoms with Crippen LogP contribution in [0.15, 0.2) is 0 Å². The second-order valence-corrected chi connectivity index (χ2v) is 4.71. The minimum absolute atomic E-state index is 0.0422. The largest absolute Gasteiger partial charge is 0.480 e. The number of carboxylic acid groups (broad SMARTS) is 1. The van der Waals surface area contributed by atoms with E-state index in [1.807, 2.05) is 0 Å². The maximum absolute atomic E-state index is 11.6. The van der Waals surface area contributed by atoms with Gasteiger partial charge in [0.05, 0.1) is 5.25 Å². The molecule has 1 saturated heterocycles. The molecule has 1 amide bonds. The zero-order valence-electron chi connectivity index (χ0n) is 9.55. The zero-order chi connectivity index (χ0) is 13.0. The Morgan fingerprint density at radius 2 is 2.18 bits per heavy atom. The van der Waals surface area contributed by atoms with E-state index in [-0.39, 0.29) is 12.2 Å². The smallest absolute Gasteiger partial charge is 0.322 e. The van der Waals surface area contributed by atoms with E-state index in [0.717, 1.165) is 6.42 Å². The van der Waals surface area contributed by atoms with Crippen LogP contribution in [0.1, 0.15) is 26.2 Å². The van der Waals surface area contributed by atoms with Crippen molar-refractivity contribution in [3.8, 4) is 0 Å². The van der Waals surface area contributed by atoms with Crippen LogP contribution in [0.3, 0.4) is 0 Å². The number of nitrogens with zero attached hydrogens (tertiary/aromatic N) is 1. The van der Waals surface area contributed by atoms with Gasteiger partial charge < -0.3 is 5.11 Å². The van der Waals surface area contributed by atoms with Crippen LogP contribution in [-0.4, -0.2) is 45.6 Å². The minimum Gasteiger partial charge on any atom is -0.480 e. The van der Waals surface area contributed by atoms with Gasteiger partial charge >= 0.3 is 5.97 Å². The Balaban J connectivity index is 2.50. The van der Waals surface area contributed by atoms with Crippen LogP contribution in [0.4, 0.5) is 0 Å². The summed E-state index contributed by atoms with van der Waals surface area (Å²) >= 11 is 4.01. The molecule has 1 aliphatic heterocycles. The van der Waals surface area contributed by atoms with Crippen molar-refractivity contribution in [3.63, 3.8) is 0 Å². The fraction of sp³-hybridized carbons (Fsp3) is 0.700. The van der Waals surface area contributed by atoms with Crippen molar-refractivity contribution in [1.29, 1.82) is 0 Å². The third-order valence-electron chi connectivity index (χ3n) is 2.58. The van der Waals surface area contributed by atoms with Crippen LogP contribution in [-0.2, 0) is 14.4 Å². The lowest BCUT2D eigenvalue weighted by Crippen LogP contribution is -2.50. The quantitative estimate of drug-likeness (QED) is 0.598. The SMILES string of the molecule is CC(=O)CC(S)C(=O)NN1CCC[C@H]1C(=O)O. The molecule has 1 fully saturated rings. The van der Waals surface area contributed by atoms with Crippen LogP contribution in [0.2, 0.25) is 0 Å². The van der Waals surface area contributed by atoms with Crippen molar-refractivity contribution in [3.05, 3.63) is 0 Å². The van der Waals surface area contributed by atoms with Gasteiger partial charge in [0.25, 0.3) is 0 Å². The first kappa shape index (κ1) is 14.0. The molecule has 17 heavy (non-hydrogen) atoms.